The monoisotopic (exact) mass is 343 g/mol. The number of aryl methyl sites for hydroxylation is 2. The third kappa shape index (κ3) is 4.24. The van der Waals surface area contributed by atoms with Gasteiger partial charge in [0, 0.05) is 13.1 Å². The van der Waals surface area contributed by atoms with Crippen molar-refractivity contribution in [1.82, 2.24) is 5.32 Å². The summed E-state index contributed by atoms with van der Waals surface area (Å²) in [5, 5.41) is 13.4. The summed E-state index contributed by atoms with van der Waals surface area (Å²) in [5.41, 5.74) is 4.49. The second-order valence-electron chi connectivity index (χ2n) is 6.44. The standard InChI is InChI=1S/C20H25NO4/c1-13-4-5-14(2)20(15(13)3)23-11-17(22)10-21-9-16-6-7-18-19(8-16)25-12-24-18/h4-8,17,21-22H,9-12H2,1-3H3. The van der Waals surface area contributed by atoms with E-state index in [0.717, 1.165) is 33.9 Å². The van der Waals surface area contributed by atoms with Gasteiger partial charge in [-0.2, -0.15) is 0 Å². The zero-order chi connectivity index (χ0) is 17.8. The molecule has 0 bridgehead atoms. The van der Waals surface area contributed by atoms with Crippen molar-refractivity contribution in [2.75, 3.05) is 19.9 Å². The predicted octanol–water partition coefficient (Wildman–Crippen LogP) is 2.87. The van der Waals surface area contributed by atoms with E-state index in [1.54, 1.807) is 0 Å². The number of hydrogen-bond donors (Lipinski definition) is 2. The first-order chi connectivity index (χ1) is 12.0. The predicted molar refractivity (Wildman–Crippen MR) is 96.4 cm³/mol. The quantitative estimate of drug-likeness (QED) is 0.809. The second-order valence-corrected chi connectivity index (χ2v) is 6.44. The molecule has 0 fully saturated rings. The molecule has 1 unspecified atom stereocenters. The lowest BCUT2D eigenvalue weighted by molar-refractivity contribution is 0.105. The molecule has 0 aliphatic carbocycles. The number of nitrogens with one attached hydrogen (secondary N) is 1. The van der Waals surface area contributed by atoms with E-state index in [2.05, 4.69) is 18.3 Å². The van der Waals surface area contributed by atoms with Gasteiger partial charge in [0.05, 0.1) is 0 Å². The van der Waals surface area contributed by atoms with Crippen LogP contribution in [0.5, 0.6) is 17.2 Å². The first-order valence-electron chi connectivity index (χ1n) is 8.51. The molecule has 0 radical (unpaired) electrons. The molecular formula is C20H25NO4. The summed E-state index contributed by atoms with van der Waals surface area (Å²) in [5.74, 6) is 2.42. The molecule has 0 saturated heterocycles. The smallest absolute Gasteiger partial charge is 0.231 e. The van der Waals surface area contributed by atoms with E-state index in [4.69, 9.17) is 14.2 Å². The lowest BCUT2D eigenvalue weighted by Crippen LogP contribution is -2.31. The van der Waals surface area contributed by atoms with Gasteiger partial charge in [0.15, 0.2) is 11.5 Å². The molecule has 5 heteroatoms. The highest BCUT2D eigenvalue weighted by atomic mass is 16.7. The van der Waals surface area contributed by atoms with Gasteiger partial charge in [-0.25, -0.2) is 0 Å². The molecule has 1 atom stereocenters. The molecule has 134 valence electrons. The zero-order valence-electron chi connectivity index (χ0n) is 15.0. The minimum absolute atomic E-state index is 0.263. The van der Waals surface area contributed by atoms with Crippen molar-refractivity contribution in [2.45, 2.75) is 33.4 Å². The van der Waals surface area contributed by atoms with Crippen LogP contribution < -0.4 is 19.5 Å². The van der Waals surface area contributed by atoms with Crippen molar-refractivity contribution in [3.63, 3.8) is 0 Å². The molecule has 5 nitrogen and oxygen atoms in total. The number of aliphatic hydroxyl groups excluding tert-OH is 1. The van der Waals surface area contributed by atoms with Crippen LogP contribution in [0.4, 0.5) is 0 Å². The minimum atomic E-state index is -0.576. The SMILES string of the molecule is Cc1ccc(C)c(OCC(O)CNCc2ccc3c(c2)OCO3)c1C. The largest absolute Gasteiger partial charge is 0.490 e. The van der Waals surface area contributed by atoms with Crippen molar-refractivity contribution in [3.8, 4) is 17.2 Å². The van der Waals surface area contributed by atoms with E-state index in [1.807, 2.05) is 38.1 Å². The number of benzene rings is 2. The highest BCUT2D eigenvalue weighted by molar-refractivity contribution is 5.45. The van der Waals surface area contributed by atoms with Crippen molar-refractivity contribution in [3.05, 3.63) is 52.6 Å². The van der Waals surface area contributed by atoms with Gasteiger partial charge in [0.2, 0.25) is 6.79 Å². The van der Waals surface area contributed by atoms with Crippen LogP contribution in [0.2, 0.25) is 0 Å². The number of aliphatic hydroxyl groups is 1. The van der Waals surface area contributed by atoms with Crippen molar-refractivity contribution in [2.24, 2.45) is 0 Å². The van der Waals surface area contributed by atoms with Gasteiger partial charge >= 0.3 is 0 Å². The summed E-state index contributed by atoms with van der Waals surface area (Å²) in [7, 11) is 0. The van der Waals surface area contributed by atoms with Crippen molar-refractivity contribution < 1.29 is 19.3 Å². The number of ether oxygens (including phenoxy) is 3. The highest BCUT2D eigenvalue weighted by Gasteiger charge is 2.13. The molecule has 0 saturated carbocycles. The van der Waals surface area contributed by atoms with Gasteiger partial charge in [-0.15, -0.1) is 0 Å². The van der Waals surface area contributed by atoms with Crippen LogP contribution in [0.25, 0.3) is 0 Å². The molecule has 0 aromatic heterocycles. The van der Waals surface area contributed by atoms with Crippen molar-refractivity contribution >= 4 is 0 Å². The molecule has 1 aliphatic rings. The Morgan fingerprint density at radius 1 is 1.08 bits per heavy atom. The Morgan fingerprint density at radius 3 is 2.68 bits per heavy atom. The number of fused-ring (bicyclic) bond motifs is 1. The van der Waals surface area contributed by atoms with Gasteiger partial charge in [-0.05, 0) is 55.2 Å². The molecule has 0 spiro atoms. The normalized spacial score (nSPS) is 13.8. The third-order valence-electron chi connectivity index (χ3n) is 4.44. The van der Waals surface area contributed by atoms with Gasteiger partial charge in [0.25, 0.3) is 0 Å². The summed E-state index contributed by atoms with van der Waals surface area (Å²) in [6.07, 6.45) is -0.576. The lowest BCUT2D eigenvalue weighted by atomic mass is 10.1. The fourth-order valence-electron chi connectivity index (χ4n) is 2.82. The van der Waals surface area contributed by atoms with Crippen molar-refractivity contribution in [1.29, 1.82) is 0 Å². The van der Waals surface area contributed by atoms with Gasteiger partial charge in [-0.1, -0.05) is 18.2 Å². The first kappa shape index (κ1) is 17.6. The number of hydrogen-bond acceptors (Lipinski definition) is 5. The molecule has 3 rings (SSSR count). The summed E-state index contributed by atoms with van der Waals surface area (Å²) in [4.78, 5) is 0. The average molecular weight is 343 g/mol. The molecule has 2 N–H and O–H groups in total. The van der Waals surface area contributed by atoms with Crippen LogP contribution in [0.3, 0.4) is 0 Å². The van der Waals surface area contributed by atoms with Crippen LogP contribution in [-0.2, 0) is 6.54 Å². The molecular weight excluding hydrogens is 318 g/mol. The molecule has 1 aliphatic heterocycles. The summed E-state index contributed by atoms with van der Waals surface area (Å²) >= 11 is 0. The highest BCUT2D eigenvalue weighted by Crippen LogP contribution is 2.32. The molecule has 25 heavy (non-hydrogen) atoms. The Bertz CT molecular complexity index is 745. The van der Waals surface area contributed by atoms with Crippen LogP contribution >= 0.6 is 0 Å². The summed E-state index contributed by atoms with van der Waals surface area (Å²) < 4.78 is 16.5. The molecule has 1 heterocycles. The van der Waals surface area contributed by atoms with Crippen LogP contribution in [0, 0.1) is 20.8 Å². The van der Waals surface area contributed by atoms with E-state index in [0.29, 0.717) is 13.1 Å². The van der Waals surface area contributed by atoms with Gasteiger partial charge in [0.1, 0.15) is 18.5 Å². The lowest BCUT2D eigenvalue weighted by Gasteiger charge is -2.17. The summed E-state index contributed by atoms with van der Waals surface area (Å²) in [6, 6.07) is 9.98. The first-order valence-corrected chi connectivity index (χ1v) is 8.51. The Labute approximate surface area is 148 Å². The van der Waals surface area contributed by atoms with E-state index >= 15 is 0 Å². The Hall–Kier alpha value is -2.24. The van der Waals surface area contributed by atoms with E-state index in [-0.39, 0.29) is 13.4 Å². The number of rotatable bonds is 7. The maximum atomic E-state index is 10.2. The zero-order valence-corrected chi connectivity index (χ0v) is 15.0. The summed E-state index contributed by atoms with van der Waals surface area (Å²) in [6.45, 7) is 7.77. The Morgan fingerprint density at radius 2 is 1.84 bits per heavy atom. The molecule has 2 aromatic carbocycles. The van der Waals surface area contributed by atoms with E-state index in [9.17, 15) is 5.11 Å². The van der Waals surface area contributed by atoms with E-state index in [1.165, 1.54) is 5.56 Å². The Kier molecular flexibility index (Phi) is 5.46. The maximum Gasteiger partial charge on any atom is 0.231 e. The fourth-order valence-corrected chi connectivity index (χ4v) is 2.82. The fraction of sp³-hybridized carbons (Fsp3) is 0.400. The molecule has 0 amide bonds. The maximum absolute atomic E-state index is 10.2. The van der Waals surface area contributed by atoms with Crippen LogP contribution in [0.15, 0.2) is 30.3 Å². The van der Waals surface area contributed by atoms with Crippen LogP contribution in [0.1, 0.15) is 22.3 Å². The second kappa shape index (κ2) is 7.76. The Balaban J connectivity index is 1.46. The third-order valence-corrected chi connectivity index (χ3v) is 4.44. The van der Waals surface area contributed by atoms with Crippen LogP contribution in [-0.4, -0.2) is 31.2 Å². The topological polar surface area (TPSA) is 60.0 Å². The van der Waals surface area contributed by atoms with Gasteiger partial charge < -0.3 is 24.6 Å². The van der Waals surface area contributed by atoms with Gasteiger partial charge in [-0.3, -0.25) is 0 Å². The minimum Gasteiger partial charge on any atom is -0.490 e. The van der Waals surface area contributed by atoms with E-state index < -0.39 is 6.10 Å². The molecule has 2 aromatic rings. The average Bonchev–Trinajstić information content (AvgIpc) is 3.06.